The highest BCUT2D eigenvalue weighted by atomic mass is 35.5. The number of hydrogen-bond donors (Lipinski definition) is 0. The van der Waals surface area contributed by atoms with Gasteiger partial charge in [-0.25, -0.2) is 0 Å². The summed E-state index contributed by atoms with van der Waals surface area (Å²) in [5.41, 5.74) is 2.84. The number of halogens is 1. The molecule has 2 rings (SSSR count). The van der Waals surface area contributed by atoms with Gasteiger partial charge in [-0.3, -0.25) is 0 Å². The lowest BCUT2D eigenvalue weighted by Gasteiger charge is -2.12. The second kappa shape index (κ2) is 2.81. The Morgan fingerprint density at radius 3 is 2.58 bits per heavy atom. The molecule has 66 valence electrons. The molecule has 0 N–H and O–H groups in total. The Bertz CT molecular complexity index is 286. The van der Waals surface area contributed by atoms with Crippen molar-refractivity contribution in [1.29, 1.82) is 0 Å². The molecule has 0 amide bonds. The molecule has 0 saturated heterocycles. The predicted octanol–water partition coefficient (Wildman–Crippen LogP) is 3.25. The number of aromatic nitrogens is 1. The van der Waals surface area contributed by atoms with E-state index in [1.54, 1.807) is 0 Å². The van der Waals surface area contributed by atoms with E-state index in [0.717, 1.165) is 5.92 Å². The van der Waals surface area contributed by atoms with E-state index in [2.05, 4.69) is 30.7 Å². The fourth-order valence-electron chi connectivity index (χ4n) is 1.49. The largest absolute Gasteiger partial charge is 0.334 e. The summed E-state index contributed by atoms with van der Waals surface area (Å²) < 4.78 is 2.19. The van der Waals surface area contributed by atoms with E-state index in [4.69, 9.17) is 11.6 Å². The number of nitrogens with zero attached hydrogens (tertiary/aromatic N) is 1. The molecule has 1 unspecified atom stereocenters. The average Bonchev–Trinajstić information content (AvgIpc) is 2.82. The van der Waals surface area contributed by atoms with Crippen molar-refractivity contribution in [2.75, 3.05) is 0 Å². The zero-order chi connectivity index (χ0) is 8.72. The molecule has 12 heavy (non-hydrogen) atoms. The number of hydrogen-bond acceptors (Lipinski definition) is 0. The summed E-state index contributed by atoms with van der Waals surface area (Å²) in [6.45, 7) is 4.26. The molecule has 1 aliphatic rings. The van der Waals surface area contributed by atoms with Gasteiger partial charge in [0.2, 0.25) is 0 Å². The molecule has 0 aliphatic heterocycles. The third kappa shape index (κ3) is 1.27. The quantitative estimate of drug-likeness (QED) is 0.621. The van der Waals surface area contributed by atoms with E-state index in [9.17, 15) is 0 Å². The minimum absolute atomic E-state index is 0.193. The van der Waals surface area contributed by atoms with Crippen molar-refractivity contribution in [1.82, 2.24) is 4.57 Å². The summed E-state index contributed by atoms with van der Waals surface area (Å²) in [6.07, 6.45) is 4.69. The van der Waals surface area contributed by atoms with E-state index < -0.39 is 0 Å². The molecule has 2 heteroatoms. The Balaban J connectivity index is 2.25. The van der Waals surface area contributed by atoms with Gasteiger partial charge in [0.25, 0.3) is 0 Å². The standard InChI is InChI=1S/C10H14ClN/c1-7-5-6-12(8(7)2)10(11)9-3-4-9/h5-6,9-10H,3-4H2,1-2H3. The summed E-state index contributed by atoms with van der Waals surface area (Å²) in [4.78, 5) is 0. The molecular weight excluding hydrogens is 170 g/mol. The first-order valence-corrected chi connectivity index (χ1v) is 4.92. The zero-order valence-electron chi connectivity index (χ0n) is 7.55. The summed E-state index contributed by atoms with van der Waals surface area (Å²) in [5.74, 6) is 0.720. The smallest absolute Gasteiger partial charge is 0.110 e. The molecule has 1 nitrogen and oxygen atoms in total. The van der Waals surface area contributed by atoms with Gasteiger partial charge >= 0.3 is 0 Å². The molecule has 1 heterocycles. The fourth-order valence-corrected chi connectivity index (χ4v) is 1.96. The second-order valence-electron chi connectivity index (χ2n) is 3.70. The Morgan fingerprint density at radius 2 is 2.17 bits per heavy atom. The predicted molar refractivity (Wildman–Crippen MR) is 51.5 cm³/mol. The molecular formula is C10H14ClN. The zero-order valence-corrected chi connectivity index (χ0v) is 8.30. The van der Waals surface area contributed by atoms with Crippen LogP contribution in [0.15, 0.2) is 12.3 Å². The summed E-state index contributed by atoms with van der Waals surface area (Å²) in [6, 6.07) is 2.13. The maximum Gasteiger partial charge on any atom is 0.110 e. The molecule has 0 spiro atoms. The molecule has 1 atom stereocenters. The number of aryl methyl sites for hydroxylation is 1. The van der Waals surface area contributed by atoms with Crippen molar-refractivity contribution in [2.24, 2.45) is 5.92 Å². The van der Waals surface area contributed by atoms with E-state index in [1.807, 2.05) is 0 Å². The highest BCUT2D eigenvalue weighted by molar-refractivity contribution is 6.19. The lowest BCUT2D eigenvalue weighted by atomic mass is 10.3. The first-order chi connectivity index (χ1) is 5.70. The highest BCUT2D eigenvalue weighted by Gasteiger charge is 2.31. The van der Waals surface area contributed by atoms with Crippen molar-refractivity contribution in [3.8, 4) is 0 Å². The van der Waals surface area contributed by atoms with Crippen LogP contribution in [-0.2, 0) is 0 Å². The minimum Gasteiger partial charge on any atom is -0.334 e. The van der Waals surface area contributed by atoms with Crippen molar-refractivity contribution in [3.63, 3.8) is 0 Å². The molecule has 0 bridgehead atoms. The number of rotatable bonds is 2. The Morgan fingerprint density at radius 1 is 1.50 bits per heavy atom. The van der Waals surface area contributed by atoms with Crippen LogP contribution in [0.4, 0.5) is 0 Å². The van der Waals surface area contributed by atoms with Gasteiger partial charge in [0, 0.05) is 11.9 Å². The average molecular weight is 184 g/mol. The molecule has 1 aromatic heterocycles. The Hall–Kier alpha value is -0.430. The van der Waals surface area contributed by atoms with Crippen molar-refractivity contribution in [2.45, 2.75) is 32.2 Å². The monoisotopic (exact) mass is 183 g/mol. The SMILES string of the molecule is Cc1ccn(C(Cl)C2CC2)c1C. The van der Waals surface area contributed by atoms with E-state index >= 15 is 0 Å². The maximum atomic E-state index is 6.29. The van der Waals surface area contributed by atoms with Crippen LogP contribution in [0.25, 0.3) is 0 Å². The lowest BCUT2D eigenvalue weighted by molar-refractivity contribution is 0.585. The normalized spacial score (nSPS) is 19.6. The van der Waals surface area contributed by atoms with Gasteiger partial charge in [0.05, 0.1) is 0 Å². The van der Waals surface area contributed by atoms with E-state index in [-0.39, 0.29) is 5.50 Å². The van der Waals surface area contributed by atoms with Crippen LogP contribution in [0.2, 0.25) is 0 Å². The topological polar surface area (TPSA) is 4.93 Å². The Labute approximate surface area is 78.3 Å². The molecule has 0 radical (unpaired) electrons. The van der Waals surface area contributed by atoms with Crippen LogP contribution in [0.3, 0.4) is 0 Å². The van der Waals surface area contributed by atoms with E-state index in [0.29, 0.717) is 0 Å². The molecule has 1 fully saturated rings. The van der Waals surface area contributed by atoms with Gasteiger partial charge in [-0.05, 0) is 44.2 Å². The summed E-state index contributed by atoms with van der Waals surface area (Å²) in [5, 5.41) is 0. The lowest BCUT2D eigenvalue weighted by Crippen LogP contribution is -2.04. The van der Waals surface area contributed by atoms with Gasteiger partial charge in [-0.1, -0.05) is 11.6 Å². The molecule has 1 aliphatic carbocycles. The minimum atomic E-state index is 0.193. The third-order valence-electron chi connectivity index (χ3n) is 2.72. The first-order valence-electron chi connectivity index (χ1n) is 4.48. The van der Waals surface area contributed by atoms with Crippen molar-refractivity contribution >= 4 is 11.6 Å². The summed E-state index contributed by atoms with van der Waals surface area (Å²) >= 11 is 6.29. The van der Waals surface area contributed by atoms with Gasteiger partial charge in [-0.15, -0.1) is 0 Å². The van der Waals surface area contributed by atoms with E-state index in [1.165, 1.54) is 24.1 Å². The van der Waals surface area contributed by atoms with Crippen LogP contribution in [0, 0.1) is 19.8 Å². The Kier molecular flexibility index (Phi) is 1.91. The molecule has 1 aromatic rings. The highest BCUT2D eigenvalue weighted by Crippen LogP contribution is 2.42. The second-order valence-corrected chi connectivity index (χ2v) is 4.15. The van der Waals surface area contributed by atoms with Gasteiger partial charge in [-0.2, -0.15) is 0 Å². The van der Waals surface area contributed by atoms with Crippen molar-refractivity contribution < 1.29 is 0 Å². The number of alkyl halides is 1. The first kappa shape index (κ1) is 8.18. The van der Waals surface area contributed by atoms with Crippen LogP contribution in [0.1, 0.15) is 29.6 Å². The third-order valence-corrected chi connectivity index (χ3v) is 3.29. The molecule has 0 aromatic carbocycles. The van der Waals surface area contributed by atoms with Crippen molar-refractivity contribution in [3.05, 3.63) is 23.5 Å². The van der Waals surface area contributed by atoms with Gasteiger partial charge in [0.15, 0.2) is 0 Å². The van der Waals surface area contributed by atoms with Crippen LogP contribution in [0.5, 0.6) is 0 Å². The molecule has 1 saturated carbocycles. The summed E-state index contributed by atoms with van der Waals surface area (Å²) in [7, 11) is 0. The van der Waals surface area contributed by atoms with Gasteiger partial charge < -0.3 is 4.57 Å². The van der Waals surface area contributed by atoms with Crippen LogP contribution < -0.4 is 0 Å². The van der Waals surface area contributed by atoms with Crippen LogP contribution >= 0.6 is 11.6 Å². The fraction of sp³-hybridized carbons (Fsp3) is 0.600. The van der Waals surface area contributed by atoms with Gasteiger partial charge in [0.1, 0.15) is 5.50 Å². The maximum absolute atomic E-state index is 6.29. The van der Waals surface area contributed by atoms with Crippen LogP contribution in [-0.4, -0.2) is 4.57 Å².